The Morgan fingerprint density at radius 3 is 2.67 bits per heavy atom. The molecule has 3 aromatic rings. The summed E-state index contributed by atoms with van der Waals surface area (Å²) in [5.74, 6) is 0.436. The predicted molar refractivity (Wildman–Crippen MR) is 109 cm³/mol. The van der Waals surface area contributed by atoms with Crippen molar-refractivity contribution in [3.05, 3.63) is 65.4 Å². The number of para-hydroxylation sites is 2. The maximum Gasteiger partial charge on any atom is 0.338 e. The van der Waals surface area contributed by atoms with Crippen molar-refractivity contribution in [3.63, 3.8) is 0 Å². The number of hydrogen-bond donors (Lipinski definition) is 1. The van der Waals surface area contributed by atoms with Crippen LogP contribution >= 0.6 is 11.8 Å². The summed E-state index contributed by atoms with van der Waals surface area (Å²) in [5.41, 5.74) is 4.29. The molecule has 27 heavy (non-hydrogen) atoms. The number of imidazole rings is 1. The molecule has 5 nitrogen and oxygen atoms in total. The second-order valence-corrected chi connectivity index (χ2v) is 7.23. The first-order valence-corrected chi connectivity index (χ1v) is 10.1. The minimum atomic E-state index is -0.301. The number of nitrogens with zero attached hydrogens (tertiary/aromatic N) is 2. The van der Waals surface area contributed by atoms with E-state index in [2.05, 4.69) is 40.4 Å². The normalized spacial score (nSPS) is 16.2. The number of fused-ring (bicyclic) bond motifs is 3. The first-order valence-electron chi connectivity index (χ1n) is 8.90. The van der Waals surface area contributed by atoms with Gasteiger partial charge in [0.15, 0.2) is 0 Å². The minimum Gasteiger partial charge on any atom is -0.463 e. The fraction of sp³-hybridized carbons (Fsp3) is 0.238. The van der Waals surface area contributed by atoms with Gasteiger partial charge in [0, 0.05) is 10.6 Å². The van der Waals surface area contributed by atoms with E-state index in [0.29, 0.717) is 12.2 Å². The van der Waals surface area contributed by atoms with Crippen LogP contribution in [0.25, 0.3) is 11.0 Å². The summed E-state index contributed by atoms with van der Waals surface area (Å²) in [7, 11) is 0. The van der Waals surface area contributed by atoms with Crippen molar-refractivity contribution in [3.8, 4) is 0 Å². The maximum atomic E-state index is 12.8. The Hall–Kier alpha value is -2.73. The van der Waals surface area contributed by atoms with Crippen LogP contribution in [0.4, 0.5) is 5.95 Å². The molecule has 0 spiro atoms. The van der Waals surface area contributed by atoms with Crippen molar-refractivity contribution in [2.45, 2.75) is 24.8 Å². The maximum absolute atomic E-state index is 12.8. The minimum absolute atomic E-state index is 0.288. The average molecular weight is 379 g/mol. The van der Waals surface area contributed by atoms with Gasteiger partial charge in [-0.2, -0.15) is 0 Å². The van der Waals surface area contributed by atoms with Crippen LogP contribution in [0.3, 0.4) is 0 Å². The molecule has 1 atom stereocenters. The molecule has 0 saturated heterocycles. The number of esters is 1. The van der Waals surface area contributed by atoms with Crippen molar-refractivity contribution in [1.29, 1.82) is 0 Å². The summed E-state index contributed by atoms with van der Waals surface area (Å²) in [6, 6.07) is 16.0. The second-order valence-electron chi connectivity index (χ2n) is 6.35. The van der Waals surface area contributed by atoms with Crippen LogP contribution in [0.15, 0.2) is 64.7 Å². The fourth-order valence-corrected chi connectivity index (χ4v) is 3.95. The lowest BCUT2D eigenvalue weighted by Crippen LogP contribution is -2.29. The third-order valence-corrected chi connectivity index (χ3v) is 5.50. The van der Waals surface area contributed by atoms with Gasteiger partial charge in [0.25, 0.3) is 0 Å². The van der Waals surface area contributed by atoms with Gasteiger partial charge in [-0.3, -0.25) is 4.57 Å². The standard InChI is InChI=1S/C21H21N3O2S/c1-4-26-20(25)18-13(2)22-21-23-16-7-5-6-8-17(16)24(21)19(18)14-9-11-15(27-3)12-10-14/h5-12,19H,4H2,1-3H3,(H,22,23)/t19-/m0/s1. The molecule has 6 heteroatoms. The largest absolute Gasteiger partial charge is 0.463 e. The van der Waals surface area contributed by atoms with Crippen LogP contribution in [0, 0.1) is 0 Å². The summed E-state index contributed by atoms with van der Waals surface area (Å²) >= 11 is 1.69. The van der Waals surface area contributed by atoms with Crippen LogP contribution in [-0.2, 0) is 9.53 Å². The van der Waals surface area contributed by atoms with Gasteiger partial charge in [-0.05, 0) is 49.9 Å². The Morgan fingerprint density at radius 1 is 1.22 bits per heavy atom. The molecule has 2 aromatic carbocycles. The lowest BCUT2D eigenvalue weighted by molar-refractivity contribution is -0.139. The monoisotopic (exact) mass is 379 g/mol. The number of aromatic nitrogens is 2. The zero-order valence-corrected chi connectivity index (χ0v) is 16.3. The molecule has 1 aliphatic heterocycles. The molecule has 0 saturated carbocycles. The van der Waals surface area contributed by atoms with E-state index in [1.807, 2.05) is 38.1 Å². The van der Waals surface area contributed by atoms with E-state index in [-0.39, 0.29) is 12.0 Å². The van der Waals surface area contributed by atoms with E-state index in [1.165, 1.54) is 4.90 Å². The first kappa shape index (κ1) is 17.7. The number of allylic oxidation sites excluding steroid dienone is 1. The van der Waals surface area contributed by atoms with Crippen molar-refractivity contribution in [1.82, 2.24) is 9.55 Å². The van der Waals surface area contributed by atoms with Crippen molar-refractivity contribution >= 4 is 34.7 Å². The molecule has 0 fully saturated rings. The fourth-order valence-electron chi connectivity index (χ4n) is 3.54. The highest BCUT2D eigenvalue weighted by atomic mass is 32.2. The highest BCUT2D eigenvalue weighted by Gasteiger charge is 2.34. The molecule has 1 N–H and O–H groups in total. The predicted octanol–water partition coefficient (Wildman–Crippen LogP) is 4.61. The number of nitrogens with one attached hydrogen (secondary N) is 1. The molecule has 138 valence electrons. The van der Waals surface area contributed by atoms with E-state index in [0.717, 1.165) is 28.2 Å². The Kier molecular flexibility index (Phi) is 4.66. The van der Waals surface area contributed by atoms with E-state index in [4.69, 9.17) is 9.72 Å². The molecule has 0 amide bonds. The van der Waals surface area contributed by atoms with Crippen LogP contribution < -0.4 is 5.32 Å². The molecular formula is C21H21N3O2S. The number of hydrogen-bond acceptors (Lipinski definition) is 5. The number of carbonyl (C=O) groups is 1. The van der Waals surface area contributed by atoms with Gasteiger partial charge in [-0.1, -0.05) is 24.3 Å². The van der Waals surface area contributed by atoms with Gasteiger partial charge < -0.3 is 10.1 Å². The van der Waals surface area contributed by atoms with Crippen LogP contribution in [-0.4, -0.2) is 28.4 Å². The quantitative estimate of drug-likeness (QED) is 0.530. The van der Waals surface area contributed by atoms with Crippen molar-refractivity contribution < 1.29 is 9.53 Å². The third kappa shape index (κ3) is 3.00. The first-order chi connectivity index (χ1) is 13.1. The molecule has 0 radical (unpaired) electrons. The Bertz CT molecular complexity index is 1040. The van der Waals surface area contributed by atoms with E-state index < -0.39 is 0 Å². The molecular weight excluding hydrogens is 358 g/mol. The molecule has 0 unspecified atom stereocenters. The van der Waals surface area contributed by atoms with Crippen molar-refractivity contribution in [2.75, 3.05) is 18.2 Å². The Balaban J connectivity index is 1.94. The Labute approximate surface area is 162 Å². The molecule has 4 rings (SSSR count). The average Bonchev–Trinajstić information content (AvgIpc) is 3.05. The molecule has 1 aromatic heterocycles. The van der Waals surface area contributed by atoms with Gasteiger partial charge >= 0.3 is 5.97 Å². The van der Waals surface area contributed by atoms with Gasteiger partial charge in [-0.25, -0.2) is 9.78 Å². The topological polar surface area (TPSA) is 56.1 Å². The molecule has 1 aliphatic rings. The number of thioether (sulfide) groups is 1. The lowest BCUT2D eigenvalue weighted by atomic mass is 9.95. The van der Waals surface area contributed by atoms with Crippen LogP contribution in [0.1, 0.15) is 25.5 Å². The smallest absolute Gasteiger partial charge is 0.338 e. The zero-order valence-electron chi connectivity index (χ0n) is 15.5. The van der Waals surface area contributed by atoms with Gasteiger partial charge in [0.2, 0.25) is 5.95 Å². The molecule has 0 bridgehead atoms. The summed E-state index contributed by atoms with van der Waals surface area (Å²) in [6.07, 6.45) is 2.05. The highest BCUT2D eigenvalue weighted by molar-refractivity contribution is 7.98. The van der Waals surface area contributed by atoms with E-state index >= 15 is 0 Å². The third-order valence-electron chi connectivity index (χ3n) is 4.76. The summed E-state index contributed by atoms with van der Waals surface area (Å²) < 4.78 is 7.46. The number of rotatable bonds is 4. The molecule has 0 aliphatic carbocycles. The Morgan fingerprint density at radius 2 is 1.96 bits per heavy atom. The summed E-state index contributed by atoms with van der Waals surface area (Å²) in [5, 5.41) is 3.29. The lowest BCUT2D eigenvalue weighted by Gasteiger charge is -2.30. The van der Waals surface area contributed by atoms with Crippen molar-refractivity contribution in [2.24, 2.45) is 0 Å². The summed E-state index contributed by atoms with van der Waals surface area (Å²) in [4.78, 5) is 18.7. The zero-order chi connectivity index (χ0) is 19.0. The number of carbonyl (C=O) groups excluding carboxylic acids is 1. The van der Waals surface area contributed by atoms with Gasteiger partial charge in [0.05, 0.1) is 29.3 Å². The SMILES string of the molecule is CCOC(=O)C1=C(C)Nc2nc3ccccc3n2[C@H]1c1ccc(SC)cc1. The second kappa shape index (κ2) is 7.12. The summed E-state index contributed by atoms with van der Waals surface area (Å²) in [6.45, 7) is 4.06. The van der Waals surface area contributed by atoms with Crippen LogP contribution in [0.2, 0.25) is 0 Å². The van der Waals surface area contributed by atoms with Crippen LogP contribution in [0.5, 0.6) is 0 Å². The molecule has 2 heterocycles. The van der Waals surface area contributed by atoms with E-state index in [9.17, 15) is 4.79 Å². The van der Waals surface area contributed by atoms with Gasteiger partial charge in [0.1, 0.15) is 0 Å². The van der Waals surface area contributed by atoms with Gasteiger partial charge in [-0.15, -0.1) is 11.8 Å². The van der Waals surface area contributed by atoms with E-state index in [1.54, 1.807) is 11.8 Å². The number of anilines is 1. The highest BCUT2D eigenvalue weighted by Crippen LogP contribution is 2.39. The number of ether oxygens (including phenoxy) is 1. The number of benzene rings is 2.